The number of benzene rings is 2. The van der Waals surface area contributed by atoms with Gasteiger partial charge in [0, 0.05) is 0 Å². The second-order valence-electron chi connectivity index (χ2n) is 3.87. The molecule has 0 aliphatic heterocycles. The molecule has 0 amide bonds. The van der Waals surface area contributed by atoms with Crippen LogP contribution in [0.2, 0.25) is 0 Å². The molecule has 0 bridgehead atoms. The van der Waals surface area contributed by atoms with Gasteiger partial charge in [0.25, 0.3) is 0 Å². The fourth-order valence-electron chi connectivity index (χ4n) is 1.56. The highest BCUT2D eigenvalue weighted by atomic mass is 16.5. The molecule has 0 aliphatic rings. The number of hydrogen-bond acceptors (Lipinski definition) is 4. The highest BCUT2D eigenvalue weighted by Crippen LogP contribution is 2.25. The van der Waals surface area contributed by atoms with Crippen molar-refractivity contribution in [2.75, 3.05) is 7.11 Å². The minimum Gasteiger partial charge on any atom is -0.508 e. The lowest BCUT2D eigenvalue weighted by atomic mass is 10.2. The molecular weight excluding hydrogens is 228 g/mol. The third-order valence-corrected chi connectivity index (χ3v) is 2.51. The lowest BCUT2D eigenvalue weighted by Gasteiger charge is -2.03. The Morgan fingerprint density at radius 3 is 2.17 bits per heavy atom. The minimum absolute atomic E-state index is 0.217. The largest absolute Gasteiger partial charge is 0.508 e. The van der Waals surface area contributed by atoms with Crippen LogP contribution in [0.4, 0.5) is 11.4 Å². The van der Waals surface area contributed by atoms with Gasteiger partial charge >= 0.3 is 0 Å². The van der Waals surface area contributed by atoms with Crippen LogP contribution in [-0.2, 0) is 0 Å². The second-order valence-corrected chi connectivity index (χ2v) is 3.87. The SMILES string of the molecule is COc1ccc(/N=N/c2ccc(O)cc2)cc1C. The Morgan fingerprint density at radius 1 is 0.944 bits per heavy atom. The summed E-state index contributed by atoms with van der Waals surface area (Å²) < 4.78 is 5.18. The third kappa shape index (κ3) is 2.85. The van der Waals surface area contributed by atoms with Gasteiger partial charge in [-0.15, -0.1) is 0 Å². The van der Waals surface area contributed by atoms with E-state index in [0.717, 1.165) is 17.0 Å². The molecule has 2 rings (SSSR count). The van der Waals surface area contributed by atoms with E-state index in [2.05, 4.69) is 10.2 Å². The first-order valence-corrected chi connectivity index (χ1v) is 5.54. The molecule has 0 heterocycles. The molecular formula is C14H14N2O2. The smallest absolute Gasteiger partial charge is 0.121 e. The number of aromatic hydroxyl groups is 1. The Balaban J connectivity index is 2.18. The lowest BCUT2D eigenvalue weighted by Crippen LogP contribution is -1.85. The number of phenols is 1. The predicted octanol–water partition coefficient (Wildman–Crippen LogP) is 4.12. The Labute approximate surface area is 106 Å². The highest BCUT2D eigenvalue weighted by molar-refractivity contribution is 5.47. The maximum Gasteiger partial charge on any atom is 0.121 e. The Morgan fingerprint density at radius 2 is 1.56 bits per heavy atom. The number of nitrogens with zero attached hydrogens (tertiary/aromatic N) is 2. The van der Waals surface area contributed by atoms with Gasteiger partial charge < -0.3 is 9.84 Å². The van der Waals surface area contributed by atoms with Crippen molar-refractivity contribution in [3.8, 4) is 11.5 Å². The molecule has 0 aliphatic carbocycles. The van der Waals surface area contributed by atoms with Crippen molar-refractivity contribution in [3.05, 3.63) is 48.0 Å². The van der Waals surface area contributed by atoms with E-state index in [4.69, 9.17) is 9.84 Å². The van der Waals surface area contributed by atoms with Gasteiger partial charge in [0.05, 0.1) is 18.5 Å². The molecule has 4 heteroatoms. The van der Waals surface area contributed by atoms with Gasteiger partial charge in [-0.05, 0) is 55.0 Å². The van der Waals surface area contributed by atoms with Gasteiger partial charge in [0.1, 0.15) is 11.5 Å². The van der Waals surface area contributed by atoms with Crippen LogP contribution in [0.3, 0.4) is 0 Å². The molecule has 1 N–H and O–H groups in total. The molecule has 0 unspecified atom stereocenters. The van der Waals surface area contributed by atoms with Crippen LogP contribution in [0.25, 0.3) is 0 Å². The maximum atomic E-state index is 9.15. The topological polar surface area (TPSA) is 54.2 Å². The second kappa shape index (κ2) is 5.31. The van der Waals surface area contributed by atoms with E-state index in [1.807, 2.05) is 25.1 Å². The number of ether oxygens (including phenoxy) is 1. The van der Waals surface area contributed by atoms with Crippen molar-refractivity contribution in [1.82, 2.24) is 0 Å². The monoisotopic (exact) mass is 242 g/mol. The number of aryl methyl sites for hydroxylation is 1. The average molecular weight is 242 g/mol. The van der Waals surface area contributed by atoms with Gasteiger partial charge in [-0.2, -0.15) is 10.2 Å². The van der Waals surface area contributed by atoms with Crippen LogP contribution < -0.4 is 4.74 Å². The van der Waals surface area contributed by atoms with E-state index >= 15 is 0 Å². The average Bonchev–Trinajstić information content (AvgIpc) is 2.38. The normalized spacial score (nSPS) is 10.8. The first-order valence-electron chi connectivity index (χ1n) is 5.54. The number of phenolic OH excluding ortho intramolecular Hbond substituents is 1. The summed E-state index contributed by atoms with van der Waals surface area (Å²) in [6.45, 7) is 1.96. The molecule has 4 nitrogen and oxygen atoms in total. The summed E-state index contributed by atoms with van der Waals surface area (Å²) in [6.07, 6.45) is 0. The fraction of sp³-hybridized carbons (Fsp3) is 0.143. The Hall–Kier alpha value is -2.36. The van der Waals surface area contributed by atoms with Crippen molar-refractivity contribution >= 4 is 11.4 Å². The van der Waals surface area contributed by atoms with Crippen LogP contribution in [-0.4, -0.2) is 12.2 Å². The van der Waals surface area contributed by atoms with E-state index in [0.29, 0.717) is 5.69 Å². The molecule has 0 aromatic heterocycles. The number of hydrogen-bond donors (Lipinski definition) is 1. The number of rotatable bonds is 3. The van der Waals surface area contributed by atoms with Gasteiger partial charge in [-0.25, -0.2) is 0 Å². The standard InChI is InChI=1S/C14H14N2O2/c1-10-9-12(5-8-14(10)18-2)16-15-11-3-6-13(17)7-4-11/h3-9,17H,1-2H3/b16-15+. The maximum absolute atomic E-state index is 9.15. The minimum atomic E-state index is 0.217. The molecule has 0 radical (unpaired) electrons. The molecule has 0 saturated heterocycles. The van der Waals surface area contributed by atoms with Gasteiger partial charge in [-0.1, -0.05) is 0 Å². The zero-order chi connectivity index (χ0) is 13.0. The Kier molecular flexibility index (Phi) is 3.57. The fourth-order valence-corrected chi connectivity index (χ4v) is 1.56. The van der Waals surface area contributed by atoms with Crippen molar-refractivity contribution in [3.63, 3.8) is 0 Å². The predicted molar refractivity (Wildman–Crippen MR) is 70.0 cm³/mol. The van der Waals surface area contributed by atoms with Crippen LogP contribution in [0, 0.1) is 6.92 Å². The molecule has 92 valence electrons. The quantitative estimate of drug-likeness (QED) is 0.823. The molecule has 0 spiro atoms. The van der Waals surface area contributed by atoms with E-state index < -0.39 is 0 Å². The number of azo groups is 1. The van der Waals surface area contributed by atoms with Gasteiger partial charge in [0.2, 0.25) is 0 Å². The zero-order valence-corrected chi connectivity index (χ0v) is 10.3. The van der Waals surface area contributed by atoms with Crippen molar-refractivity contribution in [1.29, 1.82) is 0 Å². The molecule has 18 heavy (non-hydrogen) atoms. The summed E-state index contributed by atoms with van der Waals surface area (Å²) >= 11 is 0. The first kappa shape index (κ1) is 12.1. The first-order chi connectivity index (χ1) is 8.69. The summed E-state index contributed by atoms with van der Waals surface area (Å²) in [4.78, 5) is 0. The van der Waals surface area contributed by atoms with Crippen molar-refractivity contribution in [2.45, 2.75) is 6.92 Å². The highest BCUT2D eigenvalue weighted by Gasteiger charge is 1.98. The molecule has 2 aromatic rings. The summed E-state index contributed by atoms with van der Waals surface area (Å²) in [7, 11) is 1.64. The van der Waals surface area contributed by atoms with Crippen LogP contribution >= 0.6 is 0 Å². The van der Waals surface area contributed by atoms with Crippen molar-refractivity contribution in [2.24, 2.45) is 10.2 Å². The molecule has 0 saturated carbocycles. The summed E-state index contributed by atoms with van der Waals surface area (Å²) in [6, 6.07) is 12.2. The molecule has 0 fully saturated rings. The van der Waals surface area contributed by atoms with Crippen LogP contribution in [0.15, 0.2) is 52.7 Å². The van der Waals surface area contributed by atoms with E-state index in [9.17, 15) is 0 Å². The van der Waals surface area contributed by atoms with Crippen molar-refractivity contribution < 1.29 is 9.84 Å². The number of methoxy groups -OCH3 is 1. The van der Waals surface area contributed by atoms with Gasteiger partial charge in [0.15, 0.2) is 0 Å². The van der Waals surface area contributed by atoms with Crippen LogP contribution in [0.5, 0.6) is 11.5 Å². The van der Waals surface area contributed by atoms with E-state index in [1.165, 1.54) is 0 Å². The summed E-state index contributed by atoms with van der Waals surface area (Å²) in [5.74, 6) is 1.05. The van der Waals surface area contributed by atoms with E-state index in [-0.39, 0.29) is 5.75 Å². The third-order valence-electron chi connectivity index (χ3n) is 2.51. The molecule has 2 aromatic carbocycles. The van der Waals surface area contributed by atoms with Crippen LogP contribution in [0.1, 0.15) is 5.56 Å². The summed E-state index contributed by atoms with van der Waals surface area (Å²) in [5.41, 5.74) is 2.47. The lowest BCUT2D eigenvalue weighted by molar-refractivity contribution is 0.412. The molecule has 0 atom stereocenters. The zero-order valence-electron chi connectivity index (χ0n) is 10.3. The van der Waals surface area contributed by atoms with Gasteiger partial charge in [-0.3, -0.25) is 0 Å². The Bertz CT molecular complexity index is 563. The van der Waals surface area contributed by atoms with E-state index in [1.54, 1.807) is 31.4 Å². The summed E-state index contributed by atoms with van der Waals surface area (Å²) in [5, 5.41) is 17.4.